The summed E-state index contributed by atoms with van der Waals surface area (Å²) in [4.78, 5) is 12.0. The van der Waals surface area contributed by atoms with E-state index in [2.05, 4.69) is 140 Å². The second-order valence-electron chi connectivity index (χ2n) is 13.3. The average molecular weight is 672 g/mol. The number of allylic oxidation sites excluding steroid dienone is 1. The molecule has 0 aliphatic heterocycles. The van der Waals surface area contributed by atoms with E-state index in [9.17, 15) is 0 Å². The Bertz CT molecular complexity index is 3290. The molecule has 0 radical (unpaired) electrons. The Labute approximate surface area is 296 Å². The summed E-state index contributed by atoms with van der Waals surface area (Å²) >= 11 is 1.86. The fraction of sp³-hybridized carbons (Fsp3) is 0.0435. The van der Waals surface area contributed by atoms with Gasteiger partial charge in [0.2, 0.25) is 0 Å². The number of hydrogen-bond acceptors (Lipinski definition) is 4. The lowest BCUT2D eigenvalue weighted by Gasteiger charge is -2.12. The SMILES string of the molecule is C/C=C\c1sc2c3ccccc3c3c4ccccc4n(-c4nc(-c5ccc6c(ccc7ccccc76)c5)nc5c4oc4ccccc45)c3c2c1C. The minimum atomic E-state index is 0.665. The van der Waals surface area contributed by atoms with Gasteiger partial charge in [0.1, 0.15) is 11.1 Å². The molecule has 0 aliphatic rings. The Morgan fingerprint density at radius 1 is 0.647 bits per heavy atom. The second-order valence-corrected chi connectivity index (χ2v) is 14.3. The number of para-hydroxylation sites is 2. The fourth-order valence-corrected chi connectivity index (χ4v) is 9.51. The van der Waals surface area contributed by atoms with Gasteiger partial charge >= 0.3 is 0 Å². The molecule has 0 amide bonds. The van der Waals surface area contributed by atoms with Crippen molar-refractivity contribution in [2.75, 3.05) is 0 Å². The Hall–Kier alpha value is -6.30. The molecule has 0 bridgehead atoms. The van der Waals surface area contributed by atoms with Gasteiger partial charge in [-0.2, -0.15) is 0 Å². The summed E-state index contributed by atoms with van der Waals surface area (Å²) in [5, 5.41) is 12.0. The molecular formula is C46H29N3OS. The Kier molecular flexibility index (Phi) is 5.93. The molecule has 0 saturated heterocycles. The lowest BCUT2D eigenvalue weighted by Crippen LogP contribution is -2.02. The van der Waals surface area contributed by atoms with Crippen molar-refractivity contribution in [3.8, 4) is 17.2 Å². The number of aryl methyl sites for hydroxylation is 1. The van der Waals surface area contributed by atoms with Gasteiger partial charge in [-0.1, -0.05) is 109 Å². The highest BCUT2D eigenvalue weighted by Crippen LogP contribution is 2.48. The average Bonchev–Trinajstić information content (AvgIpc) is 3.84. The lowest BCUT2D eigenvalue weighted by molar-refractivity contribution is 0.662. The zero-order chi connectivity index (χ0) is 33.8. The van der Waals surface area contributed by atoms with E-state index in [1.54, 1.807) is 0 Å². The van der Waals surface area contributed by atoms with Crippen molar-refractivity contribution < 1.29 is 4.42 Å². The first-order valence-electron chi connectivity index (χ1n) is 17.3. The van der Waals surface area contributed by atoms with E-state index in [1.807, 2.05) is 29.5 Å². The van der Waals surface area contributed by atoms with Gasteiger partial charge in [-0.25, -0.2) is 9.97 Å². The van der Waals surface area contributed by atoms with Crippen LogP contribution in [-0.4, -0.2) is 14.5 Å². The number of thiophene rings is 1. The number of furan rings is 1. The summed E-state index contributed by atoms with van der Waals surface area (Å²) in [5.74, 6) is 1.41. The van der Waals surface area contributed by atoms with E-state index in [0.717, 1.165) is 44.3 Å². The maximum absolute atomic E-state index is 6.73. The molecule has 7 aromatic carbocycles. The van der Waals surface area contributed by atoms with Crippen molar-refractivity contribution in [3.63, 3.8) is 0 Å². The first-order valence-corrected chi connectivity index (χ1v) is 18.1. The fourth-order valence-electron chi connectivity index (χ4n) is 8.19. The molecule has 0 atom stereocenters. The zero-order valence-corrected chi connectivity index (χ0v) is 28.8. The van der Waals surface area contributed by atoms with Crippen LogP contribution in [-0.2, 0) is 0 Å². The van der Waals surface area contributed by atoms with Crippen LogP contribution in [0.15, 0.2) is 138 Å². The highest BCUT2D eigenvalue weighted by molar-refractivity contribution is 7.21. The minimum absolute atomic E-state index is 0.665. The summed E-state index contributed by atoms with van der Waals surface area (Å²) < 4.78 is 10.4. The van der Waals surface area contributed by atoms with E-state index in [4.69, 9.17) is 14.4 Å². The molecule has 11 rings (SSSR count). The quantitative estimate of drug-likeness (QED) is 0.176. The Morgan fingerprint density at radius 2 is 1.35 bits per heavy atom. The van der Waals surface area contributed by atoms with Crippen molar-refractivity contribution in [2.24, 2.45) is 0 Å². The van der Waals surface area contributed by atoms with Gasteiger partial charge in [-0.3, -0.25) is 4.57 Å². The lowest BCUT2D eigenvalue weighted by atomic mass is 9.99. The molecule has 0 saturated carbocycles. The molecule has 4 nitrogen and oxygen atoms in total. The topological polar surface area (TPSA) is 43.9 Å². The summed E-state index contributed by atoms with van der Waals surface area (Å²) in [5.41, 5.74) is 6.74. The van der Waals surface area contributed by atoms with E-state index in [1.165, 1.54) is 58.2 Å². The van der Waals surface area contributed by atoms with Crippen LogP contribution < -0.4 is 0 Å². The van der Waals surface area contributed by atoms with Crippen molar-refractivity contribution in [1.82, 2.24) is 14.5 Å². The second kappa shape index (κ2) is 10.6. The van der Waals surface area contributed by atoms with E-state index < -0.39 is 0 Å². The predicted octanol–water partition coefficient (Wildman–Crippen LogP) is 13.2. The molecule has 0 fully saturated rings. The molecular weight excluding hydrogens is 643 g/mol. The third-order valence-electron chi connectivity index (χ3n) is 10.5. The number of nitrogens with zero attached hydrogens (tertiary/aromatic N) is 3. The maximum atomic E-state index is 6.73. The standard InChI is InChI=1S/C46H29N3OS/c1-3-12-38-26(2)39-42-40(32-15-6-7-16-33(32)44(39)51-38)34-17-8-10-19-36(34)49(42)46-43-41(35-18-9-11-20-37(35)50-43)47-45(48-46)29-23-24-31-28(25-29)22-21-27-13-4-5-14-30(27)31/h3-25H,1-2H3/b12-3-. The van der Waals surface area contributed by atoms with Gasteiger partial charge in [0.05, 0.1) is 11.0 Å². The molecule has 4 aromatic heterocycles. The summed E-state index contributed by atoms with van der Waals surface area (Å²) in [6, 6.07) is 45.2. The van der Waals surface area contributed by atoms with Crippen molar-refractivity contribution >= 4 is 104 Å². The molecule has 0 spiro atoms. The van der Waals surface area contributed by atoms with E-state index in [0.29, 0.717) is 11.4 Å². The third kappa shape index (κ3) is 3.95. The third-order valence-corrected chi connectivity index (χ3v) is 11.8. The van der Waals surface area contributed by atoms with Crippen LogP contribution in [0.1, 0.15) is 17.4 Å². The van der Waals surface area contributed by atoms with Crippen LogP contribution >= 0.6 is 11.3 Å². The van der Waals surface area contributed by atoms with E-state index >= 15 is 0 Å². The maximum Gasteiger partial charge on any atom is 0.197 e. The number of aromatic nitrogens is 3. The molecule has 0 aliphatic carbocycles. The van der Waals surface area contributed by atoms with Crippen LogP contribution in [0.5, 0.6) is 0 Å². The van der Waals surface area contributed by atoms with Gasteiger partial charge in [0.25, 0.3) is 0 Å². The highest BCUT2D eigenvalue weighted by atomic mass is 32.1. The first kappa shape index (κ1) is 28.5. The Balaban J connectivity index is 1.32. The highest BCUT2D eigenvalue weighted by Gasteiger charge is 2.26. The predicted molar refractivity (Wildman–Crippen MR) is 216 cm³/mol. The van der Waals surface area contributed by atoms with Crippen molar-refractivity contribution in [3.05, 3.63) is 144 Å². The number of benzene rings is 7. The number of hydrogen-bond donors (Lipinski definition) is 0. The minimum Gasteiger partial charge on any atom is -0.450 e. The van der Waals surface area contributed by atoms with Gasteiger partial charge < -0.3 is 4.42 Å². The molecule has 4 heterocycles. The van der Waals surface area contributed by atoms with Crippen LogP contribution in [0.4, 0.5) is 0 Å². The molecule has 5 heteroatoms. The van der Waals surface area contributed by atoms with Gasteiger partial charge in [0.15, 0.2) is 17.2 Å². The molecule has 0 N–H and O–H groups in total. The van der Waals surface area contributed by atoms with Gasteiger partial charge in [0, 0.05) is 42.1 Å². The Morgan fingerprint density at radius 3 is 2.22 bits per heavy atom. The normalized spacial score (nSPS) is 12.4. The first-order chi connectivity index (χ1) is 25.2. The largest absolute Gasteiger partial charge is 0.450 e. The smallest absolute Gasteiger partial charge is 0.197 e. The van der Waals surface area contributed by atoms with Gasteiger partial charge in [-0.15, -0.1) is 11.3 Å². The zero-order valence-electron chi connectivity index (χ0n) is 27.9. The van der Waals surface area contributed by atoms with Crippen molar-refractivity contribution in [2.45, 2.75) is 13.8 Å². The van der Waals surface area contributed by atoms with Crippen LogP contribution in [0.3, 0.4) is 0 Å². The summed E-state index contributed by atoms with van der Waals surface area (Å²) in [6.07, 6.45) is 4.37. The molecule has 240 valence electrons. The molecule has 0 unspecified atom stereocenters. The van der Waals surface area contributed by atoms with Crippen LogP contribution in [0.2, 0.25) is 0 Å². The van der Waals surface area contributed by atoms with Crippen LogP contribution in [0, 0.1) is 6.92 Å². The number of rotatable bonds is 3. The molecule has 11 aromatic rings. The summed E-state index contributed by atoms with van der Waals surface area (Å²) in [6.45, 7) is 4.34. The van der Waals surface area contributed by atoms with Gasteiger partial charge in [-0.05, 0) is 76.7 Å². The van der Waals surface area contributed by atoms with E-state index in [-0.39, 0.29) is 0 Å². The van der Waals surface area contributed by atoms with Crippen molar-refractivity contribution in [1.29, 1.82) is 0 Å². The number of fused-ring (bicyclic) bond motifs is 14. The molecule has 51 heavy (non-hydrogen) atoms. The summed E-state index contributed by atoms with van der Waals surface area (Å²) in [7, 11) is 0. The monoisotopic (exact) mass is 671 g/mol. The van der Waals surface area contributed by atoms with Crippen LogP contribution in [0.25, 0.3) is 110 Å².